The first kappa shape index (κ1) is 13.7. The molecule has 0 saturated heterocycles. The molecule has 104 valence electrons. The molecule has 0 radical (unpaired) electrons. The fraction of sp³-hybridized carbons (Fsp3) is 0.533. The SMILES string of the molecule is CCOC(=O)c1ccc(OC2CCCCC2)c(N)c1. The summed E-state index contributed by atoms with van der Waals surface area (Å²) < 4.78 is 10.8. The summed E-state index contributed by atoms with van der Waals surface area (Å²) in [5.74, 6) is 0.318. The van der Waals surface area contributed by atoms with Crippen LogP contribution in [0, 0.1) is 0 Å². The minimum Gasteiger partial charge on any atom is -0.488 e. The van der Waals surface area contributed by atoms with Gasteiger partial charge in [0.15, 0.2) is 0 Å². The van der Waals surface area contributed by atoms with Crippen LogP contribution < -0.4 is 10.5 Å². The lowest BCUT2D eigenvalue weighted by atomic mass is 9.98. The van der Waals surface area contributed by atoms with Crippen LogP contribution in [-0.4, -0.2) is 18.7 Å². The Kier molecular flexibility index (Phi) is 4.66. The van der Waals surface area contributed by atoms with Crippen LogP contribution in [-0.2, 0) is 4.74 Å². The molecule has 19 heavy (non-hydrogen) atoms. The van der Waals surface area contributed by atoms with Gasteiger partial charge >= 0.3 is 5.97 Å². The fourth-order valence-electron chi connectivity index (χ4n) is 2.36. The zero-order chi connectivity index (χ0) is 13.7. The predicted octanol–water partition coefficient (Wildman–Crippen LogP) is 3.16. The number of nitrogens with two attached hydrogens (primary N) is 1. The van der Waals surface area contributed by atoms with Crippen LogP contribution in [0.25, 0.3) is 0 Å². The van der Waals surface area contributed by atoms with E-state index in [1.165, 1.54) is 19.3 Å². The highest BCUT2D eigenvalue weighted by Crippen LogP contribution is 2.28. The van der Waals surface area contributed by atoms with Gasteiger partial charge < -0.3 is 15.2 Å². The predicted molar refractivity (Wildman–Crippen MR) is 74.3 cm³/mol. The van der Waals surface area contributed by atoms with Gasteiger partial charge in [0, 0.05) is 0 Å². The van der Waals surface area contributed by atoms with Crippen LogP contribution in [0.1, 0.15) is 49.4 Å². The maximum Gasteiger partial charge on any atom is 0.338 e. The van der Waals surface area contributed by atoms with Crippen molar-refractivity contribution < 1.29 is 14.3 Å². The molecule has 0 atom stereocenters. The van der Waals surface area contributed by atoms with Crippen molar-refractivity contribution in [2.45, 2.75) is 45.1 Å². The molecule has 2 rings (SSSR count). The third kappa shape index (κ3) is 3.63. The number of ether oxygens (including phenoxy) is 2. The fourth-order valence-corrected chi connectivity index (χ4v) is 2.36. The van der Waals surface area contributed by atoms with Crippen molar-refractivity contribution in [1.82, 2.24) is 0 Å². The molecule has 1 aliphatic rings. The summed E-state index contributed by atoms with van der Waals surface area (Å²) in [4.78, 5) is 11.6. The van der Waals surface area contributed by atoms with E-state index in [9.17, 15) is 4.79 Å². The van der Waals surface area contributed by atoms with E-state index in [-0.39, 0.29) is 12.1 Å². The van der Waals surface area contributed by atoms with Crippen molar-refractivity contribution in [1.29, 1.82) is 0 Å². The molecule has 0 aromatic heterocycles. The first-order valence-electron chi connectivity index (χ1n) is 6.94. The highest BCUT2D eigenvalue weighted by Gasteiger charge is 2.17. The first-order valence-corrected chi connectivity index (χ1v) is 6.94. The van der Waals surface area contributed by atoms with Crippen molar-refractivity contribution in [3.63, 3.8) is 0 Å². The molecule has 0 aliphatic heterocycles. The molecule has 4 heteroatoms. The van der Waals surface area contributed by atoms with E-state index in [1.54, 1.807) is 25.1 Å². The minimum absolute atomic E-state index is 0.254. The third-order valence-corrected chi connectivity index (χ3v) is 3.37. The summed E-state index contributed by atoms with van der Waals surface area (Å²) in [7, 11) is 0. The van der Waals surface area contributed by atoms with E-state index < -0.39 is 0 Å². The van der Waals surface area contributed by atoms with Gasteiger partial charge in [-0.1, -0.05) is 6.42 Å². The number of hydrogen-bond donors (Lipinski definition) is 1. The van der Waals surface area contributed by atoms with E-state index >= 15 is 0 Å². The summed E-state index contributed by atoms with van der Waals surface area (Å²) in [5.41, 5.74) is 6.90. The van der Waals surface area contributed by atoms with Crippen LogP contribution in [0.4, 0.5) is 5.69 Å². The van der Waals surface area contributed by atoms with E-state index in [0.29, 0.717) is 23.6 Å². The van der Waals surface area contributed by atoms with Crippen LogP contribution >= 0.6 is 0 Å². The molecule has 2 N–H and O–H groups in total. The lowest BCUT2D eigenvalue weighted by molar-refractivity contribution is 0.0526. The Labute approximate surface area is 113 Å². The second-order valence-corrected chi connectivity index (χ2v) is 4.85. The average Bonchev–Trinajstić information content (AvgIpc) is 2.42. The van der Waals surface area contributed by atoms with Crippen molar-refractivity contribution in [2.75, 3.05) is 12.3 Å². The molecule has 0 amide bonds. The number of carbonyl (C=O) groups excluding carboxylic acids is 1. The topological polar surface area (TPSA) is 61.5 Å². The number of rotatable bonds is 4. The highest BCUT2D eigenvalue weighted by atomic mass is 16.5. The number of carbonyl (C=O) groups is 1. The number of hydrogen-bond acceptors (Lipinski definition) is 4. The molecule has 1 aromatic carbocycles. The van der Waals surface area contributed by atoms with Gasteiger partial charge in [-0.3, -0.25) is 0 Å². The number of esters is 1. The van der Waals surface area contributed by atoms with Crippen LogP contribution in [0.2, 0.25) is 0 Å². The summed E-state index contributed by atoms with van der Waals surface area (Å²) in [5, 5.41) is 0. The molecule has 1 aliphatic carbocycles. The van der Waals surface area contributed by atoms with Gasteiger partial charge in [0.1, 0.15) is 5.75 Å². The Morgan fingerprint density at radius 3 is 2.68 bits per heavy atom. The Morgan fingerprint density at radius 1 is 1.32 bits per heavy atom. The monoisotopic (exact) mass is 263 g/mol. The van der Waals surface area contributed by atoms with Crippen molar-refractivity contribution in [3.05, 3.63) is 23.8 Å². The molecule has 0 heterocycles. The van der Waals surface area contributed by atoms with Gasteiger partial charge in [0.25, 0.3) is 0 Å². The minimum atomic E-state index is -0.349. The second kappa shape index (κ2) is 6.45. The second-order valence-electron chi connectivity index (χ2n) is 4.85. The average molecular weight is 263 g/mol. The summed E-state index contributed by atoms with van der Waals surface area (Å²) >= 11 is 0. The van der Waals surface area contributed by atoms with Gasteiger partial charge in [-0.05, 0) is 50.8 Å². The molecule has 1 saturated carbocycles. The van der Waals surface area contributed by atoms with Gasteiger partial charge in [0.05, 0.1) is 24.0 Å². The summed E-state index contributed by atoms with van der Waals surface area (Å²) in [6, 6.07) is 5.08. The van der Waals surface area contributed by atoms with Crippen molar-refractivity contribution in [3.8, 4) is 5.75 Å². The lowest BCUT2D eigenvalue weighted by Gasteiger charge is -2.23. The number of nitrogen functional groups attached to an aromatic ring is 1. The summed E-state index contributed by atoms with van der Waals surface area (Å²) in [6.45, 7) is 2.14. The molecule has 0 spiro atoms. The van der Waals surface area contributed by atoms with Gasteiger partial charge in [0.2, 0.25) is 0 Å². The molecule has 0 unspecified atom stereocenters. The van der Waals surface area contributed by atoms with E-state index in [1.807, 2.05) is 0 Å². The Balaban J connectivity index is 2.04. The van der Waals surface area contributed by atoms with Gasteiger partial charge in [-0.25, -0.2) is 4.79 Å². The van der Waals surface area contributed by atoms with E-state index in [0.717, 1.165) is 12.8 Å². The standard InChI is InChI=1S/C15H21NO3/c1-2-18-15(17)11-8-9-14(13(16)10-11)19-12-6-4-3-5-7-12/h8-10,12H,2-7,16H2,1H3. The highest BCUT2D eigenvalue weighted by molar-refractivity contribution is 5.91. The normalized spacial score (nSPS) is 16.1. The van der Waals surface area contributed by atoms with Gasteiger partial charge in [-0.2, -0.15) is 0 Å². The molecule has 4 nitrogen and oxygen atoms in total. The van der Waals surface area contributed by atoms with Crippen molar-refractivity contribution >= 4 is 11.7 Å². The number of anilines is 1. The zero-order valence-electron chi connectivity index (χ0n) is 11.4. The van der Waals surface area contributed by atoms with E-state index in [2.05, 4.69) is 0 Å². The smallest absolute Gasteiger partial charge is 0.338 e. The molecule has 1 fully saturated rings. The molecular formula is C15H21NO3. The lowest BCUT2D eigenvalue weighted by Crippen LogP contribution is -2.20. The zero-order valence-corrected chi connectivity index (χ0v) is 11.4. The molecule has 1 aromatic rings. The van der Waals surface area contributed by atoms with Crippen molar-refractivity contribution in [2.24, 2.45) is 0 Å². The van der Waals surface area contributed by atoms with Crippen LogP contribution in [0.3, 0.4) is 0 Å². The largest absolute Gasteiger partial charge is 0.488 e. The Morgan fingerprint density at radius 2 is 2.05 bits per heavy atom. The molecule has 0 bridgehead atoms. The maximum atomic E-state index is 11.6. The maximum absolute atomic E-state index is 11.6. The Bertz CT molecular complexity index is 439. The van der Waals surface area contributed by atoms with Crippen LogP contribution in [0.15, 0.2) is 18.2 Å². The van der Waals surface area contributed by atoms with Crippen LogP contribution in [0.5, 0.6) is 5.75 Å². The number of benzene rings is 1. The van der Waals surface area contributed by atoms with E-state index in [4.69, 9.17) is 15.2 Å². The van der Waals surface area contributed by atoms with Gasteiger partial charge in [-0.15, -0.1) is 0 Å². The Hall–Kier alpha value is -1.71. The first-order chi connectivity index (χ1) is 9.20. The molecular weight excluding hydrogens is 242 g/mol. The third-order valence-electron chi connectivity index (χ3n) is 3.37. The quantitative estimate of drug-likeness (QED) is 0.669. The summed E-state index contributed by atoms with van der Waals surface area (Å²) in [6.07, 6.45) is 6.14.